The van der Waals surface area contributed by atoms with Crippen molar-refractivity contribution in [3.8, 4) is 11.5 Å². The van der Waals surface area contributed by atoms with Crippen LogP contribution in [-0.2, 0) is 11.4 Å². The number of amides is 1. The van der Waals surface area contributed by atoms with E-state index < -0.39 is 0 Å². The number of hydrogen-bond acceptors (Lipinski definition) is 5. The Morgan fingerprint density at radius 2 is 1.90 bits per heavy atom. The third kappa shape index (κ3) is 5.84. The van der Waals surface area contributed by atoms with E-state index in [1.165, 1.54) is 11.8 Å². The molecule has 0 aromatic heterocycles. The molecule has 5 nitrogen and oxygen atoms in total. The van der Waals surface area contributed by atoms with Crippen molar-refractivity contribution in [3.05, 3.63) is 61.9 Å². The van der Waals surface area contributed by atoms with Gasteiger partial charge in [0.15, 0.2) is 16.7 Å². The Morgan fingerprint density at radius 1 is 1.16 bits per heavy atom. The lowest BCUT2D eigenvalue weighted by molar-refractivity contribution is -0.122. The molecule has 164 valence electrons. The molecule has 3 rings (SSSR count). The number of thioether (sulfide) groups is 1. The minimum Gasteiger partial charge on any atom is -0.490 e. The molecular formula is C23H24BrClN2O3S. The van der Waals surface area contributed by atoms with Gasteiger partial charge in [-0.15, -0.1) is 0 Å². The molecule has 1 saturated heterocycles. The van der Waals surface area contributed by atoms with Gasteiger partial charge in [0.25, 0.3) is 5.91 Å². The maximum Gasteiger partial charge on any atom is 0.266 e. The highest BCUT2D eigenvalue weighted by Gasteiger charge is 2.31. The molecule has 1 amide bonds. The fourth-order valence-corrected chi connectivity index (χ4v) is 4.81. The smallest absolute Gasteiger partial charge is 0.266 e. The Labute approximate surface area is 200 Å². The summed E-state index contributed by atoms with van der Waals surface area (Å²) in [5.41, 5.74) is 1.85. The molecule has 0 spiro atoms. The third-order valence-corrected chi connectivity index (χ3v) is 6.31. The summed E-state index contributed by atoms with van der Waals surface area (Å²) in [7, 11) is 0. The molecule has 8 heteroatoms. The molecule has 0 N–H and O–H groups in total. The van der Waals surface area contributed by atoms with Gasteiger partial charge in [0.05, 0.1) is 16.0 Å². The molecule has 1 fully saturated rings. The molecule has 31 heavy (non-hydrogen) atoms. The summed E-state index contributed by atoms with van der Waals surface area (Å²) in [6.45, 7) is 7.93. The largest absolute Gasteiger partial charge is 0.490 e. The molecule has 0 atom stereocenters. The summed E-state index contributed by atoms with van der Waals surface area (Å²) in [5, 5.41) is 1.43. The van der Waals surface area contributed by atoms with Crippen molar-refractivity contribution in [1.82, 2.24) is 4.90 Å². The van der Waals surface area contributed by atoms with Gasteiger partial charge >= 0.3 is 0 Å². The van der Waals surface area contributed by atoms with Crippen molar-refractivity contribution in [3.63, 3.8) is 0 Å². The first kappa shape index (κ1) is 23.7. The lowest BCUT2D eigenvalue weighted by Gasteiger charge is -2.15. The summed E-state index contributed by atoms with van der Waals surface area (Å²) in [6, 6.07) is 11.3. The van der Waals surface area contributed by atoms with Crippen LogP contribution in [0.3, 0.4) is 0 Å². The number of ether oxygens (including phenoxy) is 2. The number of nitrogens with zero attached hydrogens (tertiary/aromatic N) is 2. The maximum absolute atomic E-state index is 12.8. The number of benzene rings is 2. The first-order valence-corrected chi connectivity index (χ1v) is 12.0. The van der Waals surface area contributed by atoms with E-state index in [1.807, 2.05) is 63.2 Å². The van der Waals surface area contributed by atoms with Crippen LogP contribution in [0.2, 0.25) is 5.02 Å². The molecule has 1 aliphatic rings. The Hall–Kier alpha value is -1.96. The topological polar surface area (TPSA) is 51.1 Å². The predicted octanol–water partition coefficient (Wildman–Crippen LogP) is 6.39. The number of amidine groups is 1. The van der Waals surface area contributed by atoms with Gasteiger partial charge in [-0.3, -0.25) is 14.7 Å². The fourth-order valence-electron chi connectivity index (χ4n) is 3.00. The van der Waals surface area contributed by atoms with Crippen molar-refractivity contribution in [2.45, 2.75) is 27.4 Å². The highest BCUT2D eigenvalue weighted by Crippen LogP contribution is 2.39. The highest BCUT2D eigenvalue weighted by molar-refractivity contribution is 9.10. The second kappa shape index (κ2) is 11.1. The summed E-state index contributed by atoms with van der Waals surface area (Å²) in [6.07, 6.45) is 1.87. The molecule has 1 aliphatic heterocycles. The van der Waals surface area contributed by atoms with Gasteiger partial charge < -0.3 is 9.47 Å². The standard InChI is InChI=1S/C23H24BrClN2O3S/c1-4-26-23-27(5-2)22(28)20(31-23)13-16-11-18(24)21(19(12-16)29-6-3)30-14-15-7-9-17(25)10-8-15/h7-13H,4-6,14H2,1-3H3/b20-13-,26-23?. The van der Waals surface area contributed by atoms with E-state index >= 15 is 0 Å². The Bertz CT molecular complexity index is 1010. The Morgan fingerprint density at radius 3 is 2.55 bits per heavy atom. The zero-order valence-corrected chi connectivity index (χ0v) is 20.8. The molecule has 1 heterocycles. The lowest BCUT2D eigenvalue weighted by atomic mass is 10.1. The van der Waals surface area contributed by atoms with Gasteiger partial charge in [-0.25, -0.2) is 0 Å². The van der Waals surface area contributed by atoms with Gasteiger partial charge in [0.2, 0.25) is 0 Å². The summed E-state index contributed by atoms with van der Waals surface area (Å²) in [5.74, 6) is 1.20. The quantitative estimate of drug-likeness (QED) is 0.376. The highest BCUT2D eigenvalue weighted by atomic mass is 79.9. The number of rotatable bonds is 8. The second-order valence-electron chi connectivity index (χ2n) is 6.60. The van der Waals surface area contributed by atoms with Gasteiger partial charge in [0.1, 0.15) is 6.61 Å². The maximum atomic E-state index is 12.8. The molecule has 2 aromatic rings. The van der Waals surface area contributed by atoms with Crippen LogP contribution >= 0.6 is 39.3 Å². The summed E-state index contributed by atoms with van der Waals surface area (Å²) >= 11 is 10.9. The van der Waals surface area contributed by atoms with Crippen LogP contribution in [0.5, 0.6) is 11.5 Å². The number of hydrogen-bond donors (Lipinski definition) is 0. The molecular weight excluding hydrogens is 500 g/mol. The molecule has 0 saturated carbocycles. The van der Waals surface area contributed by atoms with Crippen molar-refractivity contribution >= 4 is 56.4 Å². The van der Waals surface area contributed by atoms with Gasteiger partial charge in [0, 0.05) is 18.1 Å². The van der Waals surface area contributed by atoms with E-state index in [0.717, 1.165) is 20.8 Å². The van der Waals surface area contributed by atoms with Crippen LogP contribution in [0.1, 0.15) is 31.9 Å². The number of aliphatic imine (C=N–C) groups is 1. The third-order valence-electron chi connectivity index (χ3n) is 4.42. The van der Waals surface area contributed by atoms with Crippen LogP contribution in [0.4, 0.5) is 0 Å². The van der Waals surface area contributed by atoms with Crippen molar-refractivity contribution in [2.24, 2.45) is 4.99 Å². The zero-order valence-electron chi connectivity index (χ0n) is 17.7. The lowest BCUT2D eigenvalue weighted by Crippen LogP contribution is -2.28. The molecule has 0 aliphatic carbocycles. The molecule has 0 radical (unpaired) electrons. The van der Waals surface area contributed by atoms with E-state index in [4.69, 9.17) is 21.1 Å². The van der Waals surface area contributed by atoms with Gasteiger partial charge in [-0.1, -0.05) is 23.7 Å². The van der Waals surface area contributed by atoms with Crippen LogP contribution in [-0.4, -0.2) is 35.7 Å². The van der Waals surface area contributed by atoms with Crippen LogP contribution in [0.15, 0.2) is 50.8 Å². The molecule has 0 bridgehead atoms. The second-order valence-corrected chi connectivity index (χ2v) is 8.89. The average Bonchev–Trinajstić information content (AvgIpc) is 3.03. The van der Waals surface area contributed by atoms with Crippen LogP contribution in [0, 0.1) is 0 Å². The van der Waals surface area contributed by atoms with E-state index in [1.54, 1.807) is 4.90 Å². The van der Waals surface area contributed by atoms with Gasteiger partial charge in [-0.2, -0.15) is 0 Å². The van der Waals surface area contributed by atoms with Crippen LogP contribution in [0.25, 0.3) is 6.08 Å². The average molecular weight is 524 g/mol. The number of halogens is 2. The van der Waals surface area contributed by atoms with E-state index in [0.29, 0.717) is 47.7 Å². The van der Waals surface area contributed by atoms with E-state index in [9.17, 15) is 4.79 Å². The first-order chi connectivity index (χ1) is 15.0. The Balaban J connectivity index is 1.87. The minimum atomic E-state index is -0.0307. The number of carbonyl (C=O) groups excluding carboxylic acids is 1. The summed E-state index contributed by atoms with van der Waals surface area (Å²) in [4.78, 5) is 19.5. The fraction of sp³-hybridized carbons (Fsp3) is 0.304. The zero-order chi connectivity index (χ0) is 22.4. The molecule has 2 aromatic carbocycles. The van der Waals surface area contributed by atoms with Crippen LogP contribution < -0.4 is 9.47 Å². The first-order valence-electron chi connectivity index (χ1n) is 10.1. The van der Waals surface area contributed by atoms with Crippen molar-refractivity contribution in [1.29, 1.82) is 0 Å². The normalized spacial score (nSPS) is 16.4. The Kier molecular flexibility index (Phi) is 8.46. The van der Waals surface area contributed by atoms with Gasteiger partial charge in [-0.05, 0) is 89.9 Å². The van der Waals surface area contributed by atoms with E-state index in [-0.39, 0.29) is 5.91 Å². The number of likely N-dealkylation sites (N-methyl/N-ethyl adjacent to an activating group) is 1. The minimum absolute atomic E-state index is 0.0307. The molecule has 0 unspecified atom stereocenters. The predicted molar refractivity (Wildman–Crippen MR) is 132 cm³/mol. The van der Waals surface area contributed by atoms with E-state index in [2.05, 4.69) is 20.9 Å². The SMILES string of the molecule is CCN=C1S/C(=C\c2cc(Br)c(OCc3ccc(Cl)cc3)c(OCC)c2)C(=O)N1CC. The summed E-state index contributed by atoms with van der Waals surface area (Å²) < 4.78 is 12.6. The number of carbonyl (C=O) groups is 1. The van der Waals surface area contributed by atoms with Crippen molar-refractivity contribution < 1.29 is 14.3 Å². The van der Waals surface area contributed by atoms with Crippen molar-refractivity contribution in [2.75, 3.05) is 19.7 Å². The monoisotopic (exact) mass is 522 g/mol.